The fourth-order valence-corrected chi connectivity index (χ4v) is 3.19. The summed E-state index contributed by atoms with van der Waals surface area (Å²) in [6.45, 7) is 4.98. The van der Waals surface area contributed by atoms with Crippen LogP contribution in [0.4, 0.5) is 5.69 Å². The van der Waals surface area contributed by atoms with E-state index in [1.807, 2.05) is 12.1 Å². The lowest BCUT2D eigenvalue weighted by molar-refractivity contribution is 0.0916. The Hall–Kier alpha value is -2.27. The number of nitrogens with one attached hydrogen (secondary N) is 1. The van der Waals surface area contributed by atoms with E-state index in [0.717, 1.165) is 12.0 Å². The minimum absolute atomic E-state index is 0.226. The number of aliphatic hydroxyl groups is 1. The Balaban J connectivity index is 1.71. The van der Waals surface area contributed by atoms with Crippen molar-refractivity contribution < 1.29 is 14.3 Å². The summed E-state index contributed by atoms with van der Waals surface area (Å²) in [7, 11) is 0. The number of amides is 1. The Morgan fingerprint density at radius 3 is 3.00 bits per heavy atom. The molecule has 0 bridgehead atoms. The van der Waals surface area contributed by atoms with Gasteiger partial charge in [0, 0.05) is 30.4 Å². The number of hydrogen-bond acceptors (Lipinski definition) is 4. The molecule has 1 aliphatic rings. The van der Waals surface area contributed by atoms with Gasteiger partial charge in [0.1, 0.15) is 0 Å². The van der Waals surface area contributed by atoms with E-state index in [4.69, 9.17) is 4.42 Å². The van der Waals surface area contributed by atoms with Crippen molar-refractivity contribution >= 4 is 11.6 Å². The number of nitrogens with zero attached hydrogens (tertiary/aromatic N) is 1. The van der Waals surface area contributed by atoms with E-state index in [9.17, 15) is 9.90 Å². The van der Waals surface area contributed by atoms with Crippen LogP contribution in [-0.4, -0.2) is 29.7 Å². The van der Waals surface area contributed by atoms with Crippen molar-refractivity contribution in [3.05, 3.63) is 53.5 Å². The number of furan rings is 1. The highest BCUT2D eigenvalue weighted by Gasteiger charge is 2.27. The zero-order valence-corrected chi connectivity index (χ0v) is 14.2. The molecule has 1 aromatic heterocycles. The Morgan fingerprint density at radius 1 is 1.42 bits per heavy atom. The molecule has 1 amide bonds. The summed E-state index contributed by atoms with van der Waals surface area (Å²) in [6, 6.07) is 10.6. The molecule has 128 valence electrons. The third-order valence-electron chi connectivity index (χ3n) is 4.49. The van der Waals surface area contributed by atoms with Crippen LogP contribution in [-0.2, 0) is 13.0 Å². The molecule has 3 rings (SSSR count). The molecule has 5 heteroatoms. The third kappa shape index (κ3) is 3.46. The van der Waals surface area contributed by atoms with Gasteiger partial charge < -0.3 is 19.7 Å². The van der Waals surface area contributed by atoms with E-state index in [-0.39, 0.29) is 5.91 Å². The van der Waals surface area contributed by atoms with Crippen LogP contribution in [0.3, 0.4) is 0 Å². The molecule has 0 fully saturated rings. The van der Waals surface area contributed by atoms with Crippen LogP contribution in [0.5, 0.6) is 0 Å². The van der Waals surface area contributed by atoms with Gasteiger partial charge in [-0.2, -0.15) is 0 Å². The largest absolute Gasteiger partial charge is 0.459 e. The van der Waals surface area contributed by atoms with Gasteiger partial charge in [0.15, 0.2) is 5.76 Å². The van der Waals surface area contributed by atoms with Gasteiger partial charge in [0.05, 0.1) is 12.4 Å². The zero-order chi connectivity index (χ0) is 17.1. The molecule has 0 spiro atoms. The number of benzene rings is 1. The zero-order valence-electron chi connectivity index (χ0n) is 14.2. The summed E-state index contributed by atoms with van der Waals surface area (Å²) in [5.74, 6) is 0.132. The van der Waals surface area contributed by atoms with Crippen LogP contribution in [0.25, 0.3) is 0 Å². The second-order valence-electron chi connectivity index (χ2n) is 6.48. The summed E-state index contributed by atoms with van der Waals surface area (Å²) in [4.78, 5) is 14.6. The highest BCUT2D eigenvalue weighted by molar-refractivity contribution is 5.93. The molecule has 2 unspecified atom stereocenters. The topological polar surface area (TPSA) is 65.7 Å². The lowest BCUT2D eigenvalue weighted by Gasteiger charge is -2.24. The molecule has 0 aliphatic carbocycles. The first-order chi connectivity index (χ1) is 11.6. The Bertz CT molecular complexity index is 708. The Morgan fingerprint density at radius 2 is 2.21 bits per heavy atom. The minimum Gasteiger partial charge on any atom is -0.459 e. The highest BCUT2D eigenvalue weighted by atomic mass is 16.3. The Labute approximate surface area is 142 Å². The first-order valence-electron chi connectivity index (χ1n) is 8.43. The van der Waals surface area contributed by atoms with Crippen LogP contribution < -0.4 is 10.2 Å². The van der Waals surface area contributed by atoms with Crippen molar-refractivity contribution in [2.24, 2.45) is 0 Å². The molecular formula is C19H24N2O3. The predicted molar refractivity (Wildman–Crippen MR) is 93.1 cm³/mol. The van der Waals surface area contributed by atoms with Crippen LogP contribution in [0.1, 0.15) is 41.9 Å². The van der Waals surface area contributed by atoms with E-state index in [0.29, 0.717) is 31.3 Å². The van der Waals surface area contributed by atoms with E-state index in [1.54, 1.807) is 13.2 Å². The van der Waals surface area contributed by atoms with Crippen molar-refractivity contribution in [2.45, 2.75) is 45.4 Å². The molecule has 2 atom stereocenters. The van der Waals surface area contributed by atoms with Crippen molar-refractivity contribution in [1.82, 2.24) is 5.32 Å². The standard InChI is InChI=1S/C19H24N2O3/c1-13-11-15-5-3-4-6-17(15)21(13)12-16-8-10-24-18(16)19(23)20-9-7-14(2)22/h3-6,8,10,13-14,22H,7,9,11-12H2,1-2H3,(H,20,23). The predicted octanol–water partition coefficient (Wildman–Crippen LogP) is 2.73. The van der Waals surface area contributed by atoms with E-state index in [2.05, 4.69) is 35.3 Å². The number of aliphatic hydroxyl groups excluding tert-OH is 1. The first-order valence-corrected chi connectivity index (χ1v) is 8.43. The first kappa shape index (κ1) is 16.6. The van der Waals surface area contributed by atoms with Gasteiger partial charge in [-0.3, -0.25) is 4.79 Å². The van der Waals surface area contributed by atoms with Gasteiger partial charge in [-0.15, -0.1) is 0 Å². The Kier molecular flexibility index (Phi) is 4.90. The number of carbonyl (C=O) groups is 1. The summed E-state index contributed by atoms with van der Waals surface area (Å²) in [6.07, 6.45) is 2.68. The smallest absolute Gasteiger partial charge is 0.287 e. The summed E-state index contributed by atoms with van der Waals surface area (Å²) < 4.78 is 5.42. The molecule has 5 nitrogen and oxygen atoms in total. The fraction of sp³-hybridized carbons (Fsp3) is 0.421. The highest BCUT2D eigenvalue weighted by Crippen LogP contribution is 2.33. The minimum atomic E-state index is -0.427. The van der Waals surface area contributed by atoms with Gasteiger partial charge in [0.2, 0.25) is 0 Å². The van der Waals surface area contributed by atoms with Gasteiger partial charge in [0.25, 0.3) is 5.91 Å². The van der Waals surface area contributed by atoms with Crippen LogP contribution >= 0.6 is 0 Å². The lowest BCUT2D eigenvalue weighted by atomic mass is 10.1. The van der Waals surface area contributed by atoms with Crippen molar-refractivity contribution in [3.8, 4) is 0 Å². The van der Waals surface area contributed by atoms with Gasteiger partial charge in [-0.25, -0.2) is 0 Å². The average molecular weight is 328 g/mol. The number of anilines is 1. The summed E-state index contributed by atoms with van der Waals surface area (Å²) in [5, 5.41) is 12.1. The number of para-hydroxylation sites is 1. The second-order valence-corrected chi connectivity index (χ2v) is 6.48. The maximum absolute atomic E-state index is 12.3. The average Bonchev–Trinajstić information content (AvgIpc) is 3.12. The SMILES string of the molecule is CC(O)CCNC(=O)c1occc1CN1c2ccccc2CC1C. The fourth-order valence-electron chi connectivity index (χ4n) is 3.19. The monoisotopic (exact) mass is 328 g/mol. The molecular weight excluding hydrogens is 304 g/mol. The number of rotatable bonds is 6. The van der Waals surface area contributed by atoms with E-state index < -0.39 is 6.10 Å². The summed E-state index contributed by atoms with van der Waals surface area (Å²) >= 11 is 0. The second kappa shape index (κ2) is 7.09. The molecule has 0 radical (unpaired) electrons. The number of carbonyl (C=O) groups excluding carboxylic acids is 1. The number of fused-ring (bicyclic) bond motifs is 1. The van der Waals surface area contributed by atoms with Crippen LogP contribution in [0, 0.1) is 0 Å². The van der Waals surface area contributed by atoms with Crippen LogP contribution in [0.15, 0.2) is 41.0 Å². The molecule has 24 heavy (non-hydrogen) atoms. The maximum Gasteiger partial charge on any atom is 0.287 e. The molecule has 1 aromatic carbocycles. The van der Waals surface area contributed by atoms with Gasteiger partial charge in [-0.1, -0.05) is 18.2 Å². The van der Waals surface area contributed by atoms with Crippen LogP contribution in [0.2, 0.25) is 0 Å². The van der Waals surface area contributed by atoms with E-state index >= 15 is 0 Å². The summed E-state index contributed by atoms with van der Waals surface area (Å²) in [5.41, 5.74) is 3.45. The molecule has 2 aromatic rings. The van der Waals surface area contributed by atoms with Crippen molar-refractivity contribution in [2.75, 3.05) is 11.4 Å². The molecule has 0 saturated heterocycles. The maximum atomic E-state index is 12.3. The quantitative estimate of drug-likeness (QED) is 0.856. The van der Waals surface area contributed by atoms with E-state index in [1.165, 1.54) is 11.3 Å². The van der Waals surface area contributed by atoms with Gasteiger partial charge in [-0.05, 0) is 44.4 Å². The lowest BCUT2D eigenvalue weighted by Crippen LogP contribution is -2.31. The molecule has 0 saturated carbocycles. The van der Waals surface area contributed by atoms with Crippen molar-refractivity contribution in [3.63, 3.8) is 0 Å². The normalized spacial score (nSPS) is 17.6. The molecule has 1 aliphatic heterocycles. The third-order valence-corrected chi connectivity index (χ3v) is 4.49. The number of hydrogen-bond donors (Lipinski definition) is 2. The van der Waals surface area contributed by atoms with Crippen molar-refractivity contribution in [1.29, 1.82) is 0 Å². The van der Waals surface area contributed by atoms with Gasteiger partial charge >= 0.3 is 0 Å². The molecule has 2 heterocycles. The molecule has 2 N–H and O–H groups in total.